The van der Waals surface area contributed by atoms with Crippen molar-refractivity contribution in [2.75, 3.05) is 49.6 Å². The number of rotatable bonds is 11. The normalized spacial score (nSPS) is 16.2. The molecular formula is C39H42F5N9O5S. The Labute approximate surface area is 335 Å². The molecule has 2 aliphatic heterocycles. The Bertz CT molecular complexity index is 2520. The van der Waals surface area contributed by atoms with Crippen LogP contribution in [0.1, 0.15) is 58.6 Å². The number of nitrogens with one attached hydrogen (secondary N) is 1. The number of benzene rings is 2. The number of aryl methyl sites for hydroxylation is 2. The average molecular weight is 844 g/mol. The van der Waals surface area contributed by atoms with E-state index in [1.54, 1.807) is 18.7 Å². The monoisotopic (exact) mass is 843 g/mol. The minimum atomic E-state index is -9.96. The number of carbonyl (C=O) groups is 2. The molecule has 0 spiro atoms. The zero-order chi connectivity index (χ0) is 42.2. The number of aromatic nitrogens is 6. The molecule has 2 aliphatic rings. The molecule has 2 amide bonds. The Morgan fingerprint density at radius 2 is 1.73 bits per heavy atom. The van der Waals surface area contributed by atoms with E-state index in [-0.39, 0.29) is 97.8 Å². The number of ether oxygens (including phenoxy) is 2. The van der Waals surface area contributed by atoms with Crippen molar-refractivity contribution in [3.63, 3.8) is 0 Å². The van der Waals surface area contributed by atoms with Crippen LogP contribution in [0.4, 0.5) is 30.8 Å². The zero-order valence-corrected chi connectivity index (χ0v) is 33.3. The molecule has 0 saturated carbocycles. The maximum atomic E-state index is 14.4. The largest absolute Gasteiger partial charge is 0.485 e. The lowest BCUT2D eigenvalue weighted by molar-refractivity contribution is -0.116. The number of fused-ring (bicyclic) bond motifs is 1. The molecule has 0 bridgehead atoms. The lowest BCUT2D eigenvalue weighted by Crippen LogP contribution is -2.51. The third kappa shape index (κ3) is 8.92. The molecule has 0 atom stereocenters. The number of hydrogen-bond acceptors (Lipinski definition) is 10. The van der Waals surface area contributed by atoms with E-state index in [4.69, 9.17) is 9.47 Å². The molecule has 5 heterocycles. The van der Waals surface area contributed by atoms with E-state index < -0.39 is 33.1 Å². The number of hydrogen-bond donors (Lipinski definition) is 1. The van der Waals surface area contributed by atoms with Crippen molar-refractivity contribution in [3.8, 4) is 5.75 Å². The minimum Gasteiger partial charge on any atom is -0.485 e. The fraction of sp³-hybridized carbons (Fsp3) is 0.359. The predicted octanol–water partition coefficient (Wildman–Crippen LogP) is 6.89. The summed E-state index contributed by atoms with van der Waals surface area (Å²) < 4.78 is 81.9. The van der Waals surface area contributed by atoms with Gasteiger partial charge in [-0.2, -0.15) is 9.50 Å². The van der Waals surface area contributed by atoms with E-state index in [0.717, 1.165) is 22.6 Å². The van der Waals surface area contributed by atoms with Gasteiger partial charge in [0.2, 0.25) is 11.7 Å². The highest BCUT2D eigenvalue weighted by molar-refractivity contribution is 8.45. The predicted molar refractivity (Wildman–Crippen MR) is 212 cm³/mol. The molecule has 20 heteroatoms. The molecule has 3 aromatic heterocycles. The highest BCUT2D eigenvalue weighted by Gasteiger charge is 2.65. The summed E-state index contributed by atoms with van der Waals surface area (Å²) in [5, 5.41) is 7.09. The van der Waals surface area contributed by atoms with Crippen molar-refractivity contribution in [2.45, 2.75) is 58.1 Å². The topological polar surface area (TPSA) is 149 Å². The van der Waals surface area contributed by atoms with Crippen LogP contribution in [0.25, 0.3) is 11.4 Å². The van der Waals surface area contributed by atoms with Gasteiger partial charge >= 0.3 is 10.2 Å². The number of piperazine rings is 1. The molecule has 7 rings (SSSR count). The minimum absolute atomic E-state index is 0.0369. The van der Waals surface area contributed by atoms with Crippen molar-refractivity contribution in [2.24, 2.45) is 0 Å². The Morgan fingerprint density at radius 3 is 2.42 bits per heavy atom. The van der Waals surface area contributed by atoms with Crippen LogP contribution >= 0.6 is 10.2 Å². The maximum Gasteiger partial charge on any atom is 0.310 e. The summed E-state index contributed by atoms with van der Waals surface area (Å²) >= 11 is 0. The maximum absolute atomic E-state index is 14.4. The SMILES string of the molecule is CCc1c(N2CCN(C(=O)c3ncnc(C)c3OCc3ccccc3)CC2)c(=O)n2nc(C3=CCCCOC3)nc2n1CC(=O)Nc1ccc(S(F)(F)(F)(F)F)cc1C. The highest BCUT2D eigenvalue weighted by Crippen LogP contribution is 3.02. The number of nitrogens with zero attached hydrogens (tertiary/aromatic N) is 8. The molecule has 0 aliphatic carbocycles. The first-order valence-electron chi connectivity index (χ1n) is 18.9. The van der Waals surface area contributed by atoms with Crippen LogP contribution in [0, 0.1) is 13.8 Å². The molecule has 1 fully saturated rings. The third-order valence-corrected chi connectivity index (χ3v) is 11.2. The highest BCUT2D eigenvalue weighted by atomic mass is 32.5. The number of anilines is 2. The first kappa shape index (κ1) is 41.3. The Hall–Kier alpha value is -5.89. The van der Waals surface area contributed by atoms with Crippen LogP contribution in [0.15, 0.2) is 70.6 Å². The van der Waals surface area contributed by atoms with Gasteiger partial charge in [-0.1, -0.05) is 62.8 Å². The van der Waals surface area contributed by atoms with E-state index >= 15 is 0 Å². The molecule has 0 unspecified atom stereocenters. The van der Waals surface area contributed by atoms with Crippen LogP contribution in [-0.2, 0) is 29.1 Å². The Kier molecular flexibility index (Phi) is 10.8. The molecule has 0 radical (unpaired) electrons. The fourth-order valence-corrected chi connectivity index (χ4v) is 7.80. The summed E-state index contributed by atoms with van der Waals surface area (Å²) in [6.45, 7) is 5.99. The van der Waals surface area contributed by atoms with E-state index in [0.29, 0.717) is 36.1 Å². The van der Waals surface area contributed by atoms with E-state index in [1.807, 2.05) is 41.3 Å². The second kappa shape index (κ2) is 15.4. The first-order chi connectivity index (χ1) is 27.9. The van der Waals surface area contributed by atoms with Gasteiger partial charge in [0.1, 0.15) is 30.1 Å². The van der Waals surface area contributed by atoms with E-state index in [9.17, 15) is 33.8 Å². The molecule has 1 saturated heterocycles. The van der Waals surface area contributed by atoms with Gasteiger partial charge in [-0.3, -0.25) is 14.4 Å². The summed E-state index contributed by atoms with van der Waals surface area (Å²) in [5.41, 5.74) is 1.96. The lowest BCUT2D eigenvalue weighted by atomic mass is 10.2. The van der Waals surface area contributed by atoms with Crippen LogP contribution in [0.5, 0.6) is 5.75 Å². The van der Waals surface area contributed by atoms with Gasteiger partial charge in [-0.15, -0.1) is 5.10 Å². The summed E-state index contributed by atoms with van der Waals surface area (Å²) in [7, 11) is -9.96. The van der Waals surface area contributed by atoms with E-state index in [1.165, 1.54) is 17.8 Å². The Morgan fingerprint density at radius 1 is 0.983 bits per heavy atom. The van der Waals surface area contributed by atoms with Crippen molar-refractivity contribution < 1.29 is 38.5 Å². The lowest BCUT2D eigenvalue weighted by Gasteiger charge is -2.40. The van der Waals surface area contributed by atoms with Gasteiger partial charge in [0.25, 0.3) is 11.5 Å². The van der Waals surface area contributed by atoms with Crippen LogP contribution in [0.2, 0.25) is 0 Å². The zero-order valence-electron chi connectivity index (χ0n) is 32.5. The quantitative estimate of drug-likeness (QED) is 0.139. The van der Waals surface area contributed by atoms with Gasteiger partial charge in [0.05, 0.1) is 18.0 Å². The standard InChI is InChI=1S/C39H42F5N9O5S/c1-4-31-34(50-15-17-51(18-16-50)37(55)33-35(26(3)45-24-46-33)58-22-27-10-6-5-7-11-27)38(56)53-39(48-36(49-53)28-12-8-9-19-57-23-28)52(31)21-32(54)47-30-14-13-29(20-25(30)2)59(40,41,42,43)44/h5-7,10-14,20,24H,4,8-9,15-19,21-23H2,1-3H3,(H,47,54). The van der Waals surface area contributed by atoms with Gasteiger partial charge in [0, 0.05) is 44.0 Å². The molecule has 2 aromatic carbocycles. The molecule has 14 nitrogen and oxygen atoms in total. The summed E-state index contributed by atoms with van der Waals surface area (Å²) in [4.78, 5) is 56.5. The third-order valence-electron chi connectivity index (χ3n) is 10.1. The molecule has 1 N–H and O–H groups in total. The first-order valence-corrected chi connectivity index (χ1v) is 20.8. The number of amides is 2. The van der Waals surface area contributed by atoms with Crippen molar-refractivity contribution >= 4 is 44.8 Å². The van der Waals surface area contributed by atoms with Crippen molar-refractivity contribution in [1.29, 1.82) is 0 Å². The van der Waals surface area contributed by atoms with E-state index in [2.05, 4.69) is 25.4 Å². The average Bonchev–Trinajstić information content (AvgIpc) is 3.47. The summed E-state index contributed by atoms with van der Waals surface area (Å²) in [6.07, 6.45) is 4.95. The summed E-state index contributed by atoms with van der Waals surface area (Å²) in [5.74, 6) is -0.565. The van der Waals surface area contributed by atoms with Gasteiger partial charge in [-0.05, 0) is 62.4 Å². The smallest absolute Gasteiger partial charge is 0.310 e. The second-order valence-corrected chi connectivity index (χ2v) is 16.7. The van der Waals surface area contributed by atoms with Crippen molar-refractivity contribution in [1.82, 2.24) is 34.0 Å². The summed E-state index contributed by atoms with van der Waals surface area (Å²) in [6, 6.07) is 10.8. The van der Waals surface area contributed by atoms with Crippen LogP contribution < -0.4 is 20.5 Å². The molecule has 59 heavy (non-hydrogen) atoms. The number of halogens is 5. The molecule has 314 valence electrons. The van der Waals surface area contributed by atoms with Gasteiger partial charge < -0.3 is 29.2 Å². The van der Waals surface area contributed by atoms with Crippen LogP contribution in [0.3, 0.4) is 0 Å². The molecular weight excluding hydrogens is 802 g/mol. The second-order valence-electron chi connectivity index (χ2n) is 14.3. The van der Waals surface area contributed by atoms with Crippen LogP contribution in [-0.4, -0.2) is 85.2 Å². The van der Waals surface area contributed by atoms with Gasteiger partial charge in [0.15, 0.2) is 17.3 Å². The van der Waals surface area contributed by atoms with Gasteiger partial charge in [-0.25, -0.2) is 9.97 Å². The van der Waals surface area contributed by atoms with Crippen molar-refractivity contribution in [3.05, 3.63) is 105 Å². The Balaban J connectivity index is 1.19. The molecule has 5 aromatic rings. The fourth-order valence-electron chi connectivity index (χ4n) is 7.07. The number of carbonyl (C=O) groups excluding carboxylic acids is 2. The number of allylic oxidation sites excluding steroid dienone is 1.